The molecule has 1 saturated heterocycles. The van der Waals surface area contributed by atoms with E-state index >= 15 is 0 Å². The Morgan fingerprint density at radius 2 is 2.18 bits per heavy atom. The lowest BCUT2D eigenvalue weighted by Gasteiger charge is -2.32. The van der Waals surface area contributed by atoms with Crippen LogP contribution in [0.3, 0.4) is 0 Å². The number of likely N-dealkylation sites (tertiary alicyclic amines) is 1. The van der Waals surface area contributed by atoms with E-state index in [1.54, 1.807) is 0 Å². The number of carbonyl (C=O) groups is 1. The normalized spacial score (nSPS) is 25.2. The molecule has 0 bridgehead atoms. The fraction of sp³-hybridized carbons (Fsp3) is 0.923. The first-order valence-electron chi connectivity index (χ1n) is 6.78. The largest absolute Gasteiger partial charge is 0.394 e. The highest BCUT2D eigenvalue weighted by atomic mass is 16.3. The second-order valence-electron chi connectivity index (χ2n) is 5.13. The van der Waals surface area contributed by atoms with Crippen molar-refractivity contribution in [1.82, 2.24) is 4.90 Å². The molecule has 0 aliphatic carbocycles. The Bertz CT molecular complexity index is 246. The van der Waals surface area contributed by atoms with Crippen LogP contribution in [0, 0.1) is 5.92 Å². The maximum Gasteiger partial charge on any atom is 0.240 e. The minimum Gasteiger partial charge on any atom is -0.394 e. The van der Waals surface area contributed by atoms with Gasteiger partial charge in [-0.05, 0) is 18.8 Å². The summed E-state index contributed by atoms with van der Waals surface area (Å²) in [6.45, 7) is 4.85. The third-order valence-corrected chi connectivity index (χ3v) is 3.91. The van der Waals surface area contributed by atoms with Crippen LogP contribution < -0.4 is 5.73 Å². The van der Waals surface area contributed by atoms with Gasteiger partial charge in [-0.15, -0.1) is 0 Å². The fourth-order valence-electron chi connectivity index (χ4n) is 2.35. The van der Waals surface area contributed by atoms with E-state index in [-0.39, 0.29) is 24.5 Å². The Hall–Kier alpha value is -0.610. The molecule has 1 fully saturated rings. The van der Waals surface area contributed by atoms with Crippen LogP contribution >= 0.6 is 0 Å². The standard InChI is InChI=1S/C13H26N2O2/c1-3-10(2)12(14)13(17)15-8-6-4-5-7-11(15)9-16/h10-12,16H,3-9,14H2,1-2H3/t10-,11?,12-/m0/s1. The molecule has 4 nitrogen and oxygen atoms in total. The molecule has 3 N–H and O–H groups in total. The van der Waals surface area contributed by atoms with Gasteiger partial charge in [0.2, 0.25) is 5.91 Å². The van der Waals surface area contributed by atoms with Gasteiger partial charge in [0.05, 0.1) is 18.7 Å². The molecule has 0 aromatic heterocycles. The van der Waals surface area contributed by atoms with E-state index in [1.807, 2.05) is 18.7 Å². The van der Waals surface area contributed by atoms with Crippen LogP contribution in [0.25, 0.3) is 0 Å². The van der Waals surface area contributed by atoms with E-state index in [1.165, 1.54) is 0 Å². The van der Waals surface area contributed by atoms with Gasteiger partial charge >= 0.3 is 0 Å². The molecule has 0 radical (unpaired) electrons. The first kappa shape index (κ1) is 14.5. The zero-order valence-electron chi connectivity index (χ0n) is 11.1. The molecule has 17 heavy (non-hydrogen) atoms. The van der Waals surface area contributed by atoms with Gasteiger partial charge in [-0.2, -0.15) is 0 Å². The van der Waals surface area contributed by atoms with Crippen molar-refractivity contribution < 1.29 is 9.90 Å². The lowest BCUT2D eigenvalue weighted by atomic mass is 9.98. The SMILES string of the molecule is CC[C@H](C)[C@H](N)C(=O)N1CCCCCC1CO. The van der Waals surface area contributed by atoms with E-state index in [0.717, 1.165) is 38.6 Å². The number of aliphatic hydroxyl groups is 1. The minimum absolute atomic E-state index is 0.0142. The molecule has 0 saturated carbocycles. The Morgan fingerprint density at radius 1 is 1.47 bits per heavy atom. The lowest BCUT2D eigenvalue weighted by molar-refractivity contribution is -0.137. The maximum absolute atomic E-state index is 12.3. The second kappa shape index (κ2) is 6.97. The molecule has 1 heterocycles. The summed E-state index contributed by atoms with van der Waals surface area (Å²) < 4.78 is 0. The number of amides is 1. The molecule has 0 spiro atoms. The maximum atomic E-state index is 12.3. The number of nitrogens with zero attached hydrogens (tertiary/aromatic N) is 1. The molecule has 3 atom stereocenters. The van der Waals surface area contributed by atoms with Gasteiger partial charge in [0.15, 0.2) is 0 Å². The van der Waals surface area contributed by atoms with Crippen LogP contribution in [0.2, 0.25) is 0 Å². The van der Waals surface area contributed by atoms with Gasteiger partial charge in [-0.25, -0.2) is 0 Å². The van der Waals surface area contributed by atoms with Crippen molar-refractivity contribution in [2.75, 3.05) is 13.2 Å². The van der Waals surface area contributed by atoms with Crippen molar-refractivity contribution in [1.29, 1.82) is 0 Å². The minimum atomic E-state index is -0.424. The van der Waals surface area contributed by atoms with Crippen LogP contribution in [-0.2, 0) is 4.79 Å². The third-order valence-electron chi connectivity index (χ3n) is 3.91. The van der Waals surface area contributed by atoms with Gasteiger partial charge in [-0.3, -0.25) is 4.79 Å². The molecule has 1 aliphatic heterocycles. The molecule has 1 unspecified atom stereocenters. The van der Waals surface area contributed by atoms with Crippen LogP contribution in [0.5, 0.6) is 0 Å². The van der Waals surface area contributed by atoms with Gasteiger partial charge < -0.3 is 15.7 Å². The average molecular weight is 242 g/mol. The summed E-state index contributed by atoms with van der Waals surface area (Å²) in [5, 5.41) is 9.38. The van der Waals surface area contributed by atoms with Crippen LogP contribution in [0.15, 0.2) is 0 Å². The van der Waals surface area contributed by atoms with E-state index in [4.69, 9.17) is 5.73 Å². The monoisotopic (exact) mass is 242 g/mol. The molecule has 4 heteroatoms. The van der Waals surface area contributed by atoms with E-state index in [9.17, 15) is 9.90 Å². The first-order chi connectivity index (χ1) is 8.11. The molecule has 100 valence electrons. The van der Waals surface area contributed by atoms with Crippen molar-refractivity contribution in [2.45, 2.75) is 58.0 Å². The zero-order chi connectivity index (χ0) is 12.8. The number of hydrogen-bond donors (Lipinski definition) is 2. The number of aliphatic hydroxyl groups excluding tert-OH is 1. The molecular formula is C13H26N2O2. The van der Waals surface area contributed by atoms with E-state index < -0.39 is 6.04 Å². The summed E-state index contributed by atoms with van der Waals surface area (Å²) in [5.74, 6) is 0.213. The molecule has 1 rings (SSSR count). The van der Waals surface area contributed by atoms with E-state index in [0.29, 0.717) is 0 Å². The lowest BCUT2D eigenvalue weighted by Crippen LogP contribution is -2.51. The van der Waals surface area contributed by atoms with Gasteiger partial charge in [-0.1, -0.05) is 33.1 Å². The van der Waals surface area contributed by atoms with Crippen molar-refractivity contribution in [3.63, 3.8) is 0 Å². The summed E-state index contributed by atoms with van der Waals surface area (Å²) in [5.41, 5.74) is 6.00. The third kappa shape index (κ3) is 3.68. The fourth-order valence-corrected chi connectivity index (χ4v) is 2.35. The van der Waals surface area contributed by atoms with Gasteiger partial charge in [0.25, 0.3) is 0 Å². The summed E-state index contributed by atoms with van der Waals surface area (Å²) >= 11 is 0. The Balaban J connectivity index is 2.69. The van der Waals surface area contributed by atoms with Crippen molar-refractivity contribution in [3.05, 3.63) is 0 Å². The Labute approximate surface area is 104 Å². The predicted octanol–water partition coefficient (Wildman–Crippen LogP) is 1.12. The molecule has 1 amide bonds. The number of rotatable bonds is 4. The smallest absolute Gasteiger partial charge is 0.240 e. The van der Waals surface area contributed by atoms with Crippen LogP contribution in [0.4, 0.5) is 0 Å². The topological polar surface area (TPSA) is 66.6 Å². The summed E-state index contributed by atoms with van der Waals surface area (Å²) in [7, 11) is 0. The molecule has 0 aromatic carbocycles. The van der Waals surface area contributed by atoms with Crippen LogP contribution in [-0.4, -0.2) is 41.1 Å². The van der Waals surface area contributed by atoms with Crippen molar-refractivity contribution in [2.24, 2.45) is 11.7 Å². The highest BCUT2D eigenvalue weighted by Crippen LogP contribution is 2.19. The zero-order valence-corrected chi connectivity index (χ0v) is 11.1. The Morgan fingerprint density at radius 3 is 2.76 bits per heavy atom. The summed E-state index contributed by atoms with van der Waals surface area (Å²) in [6, 6.07) is -0.452. The predicted molar refractivity (Wildman–Crippen MR) is 68.5 cm³/mol. The van der Waals surface area contributed by atoms with Crippen molar-refractivity contribution >= 4 is 5.91 Å². The molecular weight excluding hydrogens is 216 g/mol. The second-order valence-corrected chi connectivity index (χ2v) is 5.13. The molecule has 0 aromatic rings. The number of nitrogens with two attached hydrogens (primary N) is 1. The van der Waals surface area contributed by atoms with Gasteiger partial charge in [0, 0.05) is 6.54 Å². The quantitative estimate of drug-likeness (QED) is 0.776. The number of carbonyl (C=O) groups excluding carboxylic acids is 1. The molecule has 1 aliphatic rings. The highest BCUT2D eigenvalue weighted by molar-refractivity contribution is 5.82. The highest BCUT2D eigenvalue weighted by Gasteiger charge is 2.30. The van der Waals surface area contributed by atoms with Crippen LogP contribution in [0.1, 0.15) is 46.0 Å². The van der Waals surface area contributed by atoms with E-state index in [2.05, 4.69) is 0 Å². The first-order valence-corrected chi connectivity index (χ1v) is 6.78. The number of hydrogen-bond acceptors (Lipinski definition) is 3. The van der Waals surface area contributed by atoms with Gasteiger partial charge in [0.1, 0.15) is 0 Å². The summed E-state index contributed by atoms with van der Waals surface area (Å²) in [6.07, 6.45) is 5.06. The Kier molecular flexibility index (Phi) is 5.92. The summed E-state index contributed by atoms with van der Waals surface area (Å²) in [4.78, 5) is 14.1. The van der Waals surface area contributed by atoms with Crippen molar-refractivity contribution in [3.8, 4) is 0 Å². The average Bonchev–Trinajstić information content (AvgIpc) is 2.60.